The lowest BCUT2D eigenvalue weighted by Gasteiger charge is -2.23. The minimum absolute atomic E-state index is 0.0239. The minimum atomic E-state index is -0.268. The van der Waals surface area contributed by atoms with Gasteiger partial charge in [-0.05, 0) is 49.1 Å². The summed E-state index contributed by atoms with van der Waals surface area (Å²) in [6.45, 7) is 6.46. The Balaban J connectivity index is 1.40. The molecular weight excluding hydrogens is 470 g/mol. The van der Waals surface area contributed by atoms with Crippen molar-refractivity contribution in [2.24, 2.45) is 5.92 Å². The summed E-state index contributed by atoms with van der Waals surface area (Å²) in [5.41, 5.74) is 3.84. The molecule has 0 radical (unpaired) electrons. The summed E-state index contributed by atoms with van der Waals surface area (Å²) in [5.74, 6) is 0.747. The van der Waals surface area contributed by atoms with E-state index in [2.05, 4.69) is 54.5 Å². The molecule has 2 heterocycles. The molecule has 7 heteroatoms. The highest BCUT2D eigenvalue weighted by atomic mass is 32.1. The molecule has 6 nitrogen and oxygen atoms in total. The number of nitrogens with one attached hydrogen (secondary N) is 1. The Kier molecular flexibility index (Phi) is 8.44. The molecule has 0 bridgehead atoms. The molecule has 0 aliphatic heterocycles. The quantitative estimate of drug-likeness (QED) is 0.175. The van der Waals surface area contributed by atoms with Crippen LogP contribution >= 0.6 is 11.3 Å². The smallest absolute Gasteiger partial charge is 0.305 e. The van der Waals surface area contributed by atoms with E-state index in [1.807, 2.05) is 24.3 Å². The second kappa shape index (κ2) is 11.9. The zero-order chi connectivity index (χ0) is 25.5. The third kappa shape index (κ3) is 6.34. The largest absolute Gasteiger partial charge is 0.466 e. The van der Waals surface area contributed by atoms with E-state index >= 15 is 0 Å². The summed E-state index contributed by atoms with van der Waals surface area (Å²) in [4.78, 5) is 33.1. The van der Waals surface area contributed by atoms with Crippen LogP contribution in [0.25, 0.3) is 20.8 Å². The third-order valence-electron chi connectivity index (χ3n) is 5.96. The molecule has 0 aliphatic rings. The van der Waals surface area contributed by atoms with Crippen LogP contribution in [0.2, 0.25) is 0 Å². The summed E-state index contributed by atoms with van der Waals surface area (Å²) < 4.78 is 6.09. The molecule has 0 aliphatic carbocycles. The van der Waals surface area contributed by atoms with Crippen molar-refractivity contribution in [3.05, 3.63) is 78.0 Å². The van der Waals surface area contributed by atoms with Crippen LogP contribution in [0, 0.1) is 5.92 Å². The van der Waals surface area contributed by atoms with Gasteiger partial charge in [-0.2, -0.15) is 0 Å². The van der Waals surface area contributed by atoms with Crippen molar-refractivity contribution >= 4 is 39.1 Å². The molecule has 0 amide bonds. The van der Waals surface area contributed by atoms with Crippen molar-refractivity contribution in [1.29, 1.82) is 0 Å². The standard InChI is InChI=1S/C29H31N3O3S/c1-4-35-27(34)11-7-9-24(33)22-16-17-26(30-18-22)32-28(19(2)3)20-12-14-21(15-13-20)29-31-23-8-5-6-10-25(23)36-29/h5-6,8,10,12-19,28H,4,7,9,11H2,1-3H3,(H,30,32)/t28-/m0/s1. The number of hydrogen-bond acceptors (Lipinski definition) is 7. The number of para-hydroxylation sites is 1. The minimum Gasteiger partial charge on any atom is -0.466 e. The molecule has 4 aromatic rings. The fourth-order valence-electron chi connectivity index (χ4n) is 4.04. The van der Waals surface area contributed by atoms with Gasteiger partial charge in [0.2, 0.25) is 0 Å². The van der Waals surface area contributed by atoms with Gasteiger partial charge in [-0.15, -0.1) is 11.3 Å². The van der Waals surface area contributed by atoms with Crippen LogP contribution in [0.1, 0.15) is 62.0 Å². The second-order valence-electron chi connectivity index (χ2n) is 8.99. The molecule has 36 heavy (non-hydrogen) atoms. The lowest BCUT2D eigenvalue weighted by Crippen LogP contribution is -2.17. The number of pyridine rings is 1. The number of rotatable bonds is 11. The van der Waals surface area contributed by atoms with Gasteiger partial charge >= 0.3 is 5.97 Å². The molecule has 0 saturated carbocycles. The zero-order valence-corrected chi connectivity index (χ0v) is 21.7. The topological polar surface area (TPSA) is 81.2 Å². The van der Waals surface area contributed by atoms with E-state index < -0.39 is 0 Å². The fourth-order valence-corrected chi connectivity index (χ4v) is 5.01. The van der Waals surface area contributed by atoms with Gasteiger partial charge in [0.05, 0.1) is 22.9 Å². The predicted molar refractivity (Wildman–Crippen MR) is 145 cm³/mol. The number of ketones is 1. The van der Waals surface area contributed by atoms with Gasteiger partial charge in [-0.25, -0.2) is 9.97 Å². The Labute approximate surface area is 215 Å². The average molecular weight is 502 g/mol. The zero-order valence-electron chi connectivity index (χ0n) is 20.9. The Morgan fingerprint density at radius 2 is 1.78 bits per heavy atom. The highest BCUT2D eigenvalue weighted by Crippen LogP contribution is 2.32. The number of Topliss-reactive ketones (excluding diaryl/α,β-unsaturated/α-hetero) is 1. The van der Waals surface area contributed by atoms with Gasteiger partial charge in [0, 0.05) is 30.2 Å². The number of hydrogen-bond donors (Lipinski definition) is 1. The van der Waals surface area contributed by atoms with Gasteiger partial charge in [-0.3, -0.25) is 9.59 Å². The molecule has 2 aromatic carbocycles. The number of carbonyl (C=O) groups excluding carboxylic acids is 2. The number of nitrogens with zero attached hydrogens (tertiary/aromatic N) is 2. The molecule has 4 rings (SSSR count). The lowest BCUT2D eigenvalue weighted by molar-refractivity contribution is -0.143. The number of ether oxygens (including phenoxy) is 1. The van der Waals surface area contributed by atoms with Crippen molar-refractivity contribution in [1.82, 2.24) is 9.97 Å². The third-order valence-corrected chi connectivity index (χ3v) is 7.04. The van der Waals surface area contributed by atoms with Gasteiger partial charge in [0.1, 0.15) is 10.8 Å². The first kappa shape index (κ1) is 25.5. The van der Waals surface area contributed by atoms with Crippen LogP contribution in [0.15, 0.2) is 66.9 Å². The van der Waals surface area contributed by atoms with Crippen molar-refractivity contribution in [2.45, 2.75) is 46.1 Å². The lowest BCUT2D eigenvalue weighted by atomic mass is 9.95. The van der Waals surface area contributed by atoms with Gasteiger partial charge in [-0.1, -0.05) is 50.2 Å². The number of carbonyl (C=O) groups is 2. The molecule has 0 saturated heterocycles. The Morgan fingerprint density at radius 1 is 1.00 bits per heavy atom. The van der Waals surface area contributed by atoms with Crippen LogP contribution in [0.4, 0.5) is 5.82 Å². The van der Waals surface area contributed by atoms with Crippen molar-refractivity contribution < 1.29 is 14.3 Å². The number of aromatic nitrogens is 2. The van der Waals surface area contributed by atoms with E-state index in [9.17, 15) is 9.59 Å². The highest BCUT2D eigenvalue weighted by molar-refractivity contribution is 7.21. The van der Waals surface area contributed by atoms with E-state index in [0.29, 0.717) is 36.7 Å². The van der Waals surface area contributed by atoms with Gasteiger partial charge < -0.3 is 10.1 Å². The number of fused-ring (bicyclic) bond motifs is 1. The van der Waals surface area contributed by atoms with Crippen LogP contribution in [-0.4, -0.2) is 28.3 Å². The summed E-state index contributed by atoms with van der Waals surface area (Å²) in [5, 5.41) is 4.53. The average Bonchev–Trinajstić information content (AvgIpc) is 3.32. The number of thiazole rings is 1. The number of esters is 1. The molecule has 1 atom stereocenters. The maximum Gasteiger partial charge on any atom is 0.305 e. The number of benzene rings is 2. The van der Waals surface area contributed by atoms with Gasteiger partial charge in [0.15, 0.2) is 5.78 Å². The van der Waals surface area contributed by atoms with Crippen LogP contribution in [0.3, 0.4) is 0 Å². The summed E-state index contributed by atoms with van der Waals surface area (Å²) in [7, 11) is 0. The second-order valence-corrected chi connectivity index (χ2v) is 10.0. The van der Waals surface area contributed by atoms with Crippen LogP contribution < -0.4 is 5.32 Å². The first-order valence-electron chi connectivity index (χ1n) is 12.3. The SMILES string of the molecule is CCOC(=O)CCCC(=O)c1ccc(N[C@H](c2ccc(-c3nc4ccccc4s3)cc2)C(C)C)nc1. The Bertz CT molecular complexity index is 1280. The molecular formula is C29H31N3O3S. The van der Waals surface area contributed by atoms with E-state index in [0.717, 1.165) is 21.7 Å². The predicted octanol–water partition coefficient (Wildman–Crippen LogP) is 7.08. The van der Waals surface area contributed by atoms with E-state index in [1.54, 1.807) is 30.5 Å². The maximum atomic E-state index is 12.4. The summed E-state index contributed by atoms with van der Waals surface area (Å²) >= 11 is 1.70. The highest BCUT2D eigenvalue weighted by Gasteiger charge is 2.17. The van der Waals surface area contributed by atoms with Gasteiger partial charge in [0.25, 0.3) is 0 Å². The first-order valence-corrected chi connectivity index (χ1v) is 13.1. The molecule has 0 fully saturated rings. The fraction of sp³-hybridized carbons (Fsp3) is 0.310. The Morgan fingerprint density at radius 3 is 2.44 bits per heavy atom. The molecule has 0 spiro atoms. The maximum absolute atomic E-state index is 12.4. The molecule has 1 N–H and O–H groups in total. The normalized spacial score (nSPS) is 12.0. The first-order chi connectivity index (χ1) is 17.4. The van der Waals surface area contributed by atoms with Crippen LogP contribution in [0.5, 0.6) is 0 Å². The molecule has 0 unspecified atom stereocenters. The summed E-state index contributed by atoms with van der Waals surface area (Å²) in [6, 6.07) is 20.4. The van der Waals surface area contributed by atoms with Crippen LogP contribution in [-0.2, 0) is 9.53 Å². The van der Waals surface area contributed by atoms with E-state index in [4.69, 9.17) is 9.72 Å². The summed E-state index contributed by atoms with van der Waals surface area (Å²) in [6.07, 6.45) is 2.62. The van der Waals surface area contributed by atoms with Crippen molar-refractivity contribution in [3.8, 4) is 10.6 Å². The monoisotopic (exact) mass is 501 g/mol. The van der Waals surface area contributed by atoms with E-state index in [1.165, 1.54) is 4.70 Å². The molecule has 186 valence electrons. The van der Waals surface area contributed by atoms with Crippen molar-refractivity contribution in [3.63, 3.8) is 0 Å². The van der Waals surface area contributed by atoms with E-state index in [-0.39, 0.29) is 24.2 Å². The number of anilines is 1. The molecule has 2 aromatic heterocycles. The Hall–Kier alpha value is -3.58. The van der Waals surface area contributed by atoms with Crippen molar-refractivity contribution in [2.75, 3.05) is 11.9 Å².